The number of hydrogen-bond acceptors (Lipinski definition) is 3. The molecule has 16 heavy (non-hydrogen) atoms. The van der Waals surface area contributed by atoms with Crippen molar-refractivity contribution in [1.82, 2.24) is 5.32 Å². The van der Waals surface area contributed by atoms with Crippen LogP contribution in [0.2, 0.25) is 0 Å². The zero-order valence-corrected chi connectivity index (χ0v) is 9.31. The molecule has 0 spiro atoms. The Morgan fingerprint density at radius 1 is 1.50 bits per heavy atom. The number of phenols is 1. The number of unbranched alkanes of at least 4 members (excludes halogenated alkanes) is 1. The van der Waals surface area contributed by atoms with Crippen LogP contribution in [0.5, 0.6) is 5.75 Å². The predicted octanol–water partition coefficient (Wildman–Crippen LogP) is 1.91. The van der Waals surface area contributed by atoms with E-state index in [0.29, 0.717) is 12.1 Å². The number of benzene rings is 1. The lowest BCUT2D eigenvalue weighted by molar-refractivity contribution is -0.139. The van der Waals surface area contributed by atoms with Gasteiger partial charge in [-0.05, 0) is 30.7 Å². The van der Waals surface area contributed by atoms with Crippen LogP contribution in [0.1, 0.15) is 31.4 Å². The summed E-state index contributed by atoms with van der Waals surface area (Å²) in [5.41, 5.74) is 0.573. The van der Waals surface area contributed by atoms with Crippen molar-refractivity contribution >= 4 is 5.97 Å². The largest absolute Gasteiger partial charge is 0.508 e. The van der Waals surface area contributed by atoms with Crippen LogP contribution in [-0.4, -0.2) is 22.7 Å². The summed E-state index contributed by atoms with van der Waals surface area (Å²) in [7, 11) is 0. The molecule has 0 heterocycles. The van der Waals surface area contributed by atoms with Crippen LogP contribution in [0.4, 0.5) is 0 Å². The number of nitrogens with one attached hydrogen (secondary N) is 1. The molecule has 1 atom stereocenters. The molecule has 4 heteroatoms. The Kier molecular flexibility index (Phi) is 4.79. The van der Waals surface area contributed by atoms with E-state index in [9.17, 15) is 9.90 Å². The van der Waals surface area contributed by atoms with Gasteiger partial charge in [0.2, 0.25) is 0 Å². The van der Waals surface area contributed by atoms with Crippen molar-refractivity contribution in [3.8, 4) is 5.75 Å². The lowest BCUT2D eigenvalue weighted by Gasteiger charge is -2.14. The van der Waals surface area contributed by atoms with Gasteiger partial charge < -0.3 is 15.5 Å². The van der Waals surface area contributed by atoms with E-state index < -0.39 is 12.0 Å². The van der Waals surface area contributed by atoms with Gasteiger partial charge in [0.05, 0.1) is 0 Å². The van der Waals surface area contributed by atoms with Crippen LogP contribution in [-0.2, 0) is 4.79 Å². The normalized spacial score (nSPS) is 12.3. The monoisotopic (exact) mass is 223 g/mol. The minimum Gasteiger partial charge on any atom is -0.508 e. The Bertz CT molecular complexity index is 352. The Balaban J connectivity index is 2.73. The molecule has 1 aromatic carbocycles. The number of hydrogen-bond donors (Lipinski definition) is 3. The Morgan fingerprint density at radius 2 is 2.25 bits per heavy atom. The number of carbonyl (C=O) groups is 1. The number of aliphatic carboxylic acids is 1. The first-order valence-corrected chi connectivity index (χ1v) is 5.40. The van der Waals surface area contributed by atoms with E-state index in [1.807, 2.05) is 6.92 Å². The van der Waals surface area contributed by atoms with Crippen LogP contribution in [0.25, 0.3) is 0 Å². The van der Waals surface area contributed by atoms with Crippen molar-refractivity contribution < 1.29 is 15.0 Å². The topological polar surface area (TPSA) is 69.6 Å². The summed E-state index contributed by atoms with van der Waals surface area (Å²) < 4.78 is 0. The lowest BCUT2D eigenvalue weighted by atomic mass is 10.1. The molecule has 0 aromatic heterocycles. The SMILES string of the molecule is CCCCNC(C(=O)O)c1cccc(O)c1. The minimum atomic E-state index is -0.929. The Morgan fingerprint density at radius 3 is 2.81 bits per heavy atom. The van der Waals surface area contributed by atoms with Crippen molar-refractivity contribution in [3.63, 3.8) is 0 Å². The lowest BCUT2D eigenvalue weighted by Crippen LogP contribution is -2.29. The summed E-state index contributed by atoms with van der Waals surface area (Å²) in [6, 6.07) is 5.57. The summed E-state index contributed by atoms with van der Waals surface area (Å²) in [6.07, 6.45) is 1.95. The van der Waals surface area contributed by atoms with E-state index in [0.717, 1.165) is 12.8 Å². The second kappa shape index (κ2) is 6.12. The smallest absolute Gasteiger partial charge is 0.325 e. The predicted molar refractivity (Wildman–Crippen MR) is 61.4 cm³/mol. The van der Waals surface area contributed by atoms with Crippen LogP contribution < -0.4 is 5.32 Å². The second-order valence-corrected chi connectivity index (χ2v) is 3.67. The molecule has 0 radical (unpaired) electrons. The summed E-state index contributed by atoms with van der Waals surface area (Å²) in [6.45, 7) is 2.70. The van der Waals surface area contributed by atoms with E-state index in [1.54, 1.807) is 12.1 Å². The molecule has 0 bridgehead atoms. The van der Waals surface area contributed by atoms with Gasteiger partial charge in [-0.3, -0.25) is 4.79 Å². The fourth-order valence-corrected chi connectivity index (χ4v) is 1.48. The summed E-state index contributed by atoms with van der Waals surface area (Å²) >= 11 is 0. The molecule has 3 N–H and O–H groups in total. The van der Waals surface area contributed by atoms with Crippen LogP contribution >= 0.6 is 0 Å². The zero-order chi connectivity index (χ0) is 12.0. The van der Waals surface area contributed by atoms with Gasteiger partial charge >= 0.3 is 5.97 Å². The average Bonchev–Trinajstić information content (AvgIpc) is 2.24. The molecule has 0 aliphatic carbocycles. The molecule has 1 rings (SSSR count). The first-order valence-electron chi connectivity index (χ1n) is 5.40. The fraction of sp³-hybridized carbons (Fsp3) is 0.417. The highest BCUT2D eigenvalue weighted by Gasteiger charge is 2.18. The molecule has 1 aromatic rings. The van der Waals surface area contributed by atoms with Crippen molar-refractivity contribution in [2.75, 3.05) is 6.54 Å². The first-order chi connectivity index (χ1) is 7.65. The van der Waals surface area contributed by atoms with E-state index in [1.165, 1.54) is 12.1 Å². The third kappa shape index (κ3) is 3.55. The molecule has 0 fully saturated rings. The quantitative estimate of drug-likeness (QED) is 0.644. The van der Waals surface area contributed by atoms with Crippen molar-refractivity contribution in [3.05, 3.63) is 29.8 Å². The Hall–Kier alpha value is -1.55. The highest BCUT2D eigenvalue weighted by molar-refractivity contribution is 5.75. The third-order valence-electron chi connectivity index (χ3n) is 2.33. The van der Waals surface area contributed by atoms with Crippen LogP contribution in [0.3, 0.4) is 0 Å². The Labute approximate surface area is 94.9 Å². The maximum absolute atomic E-state index is 11.1. The standard InChI is InChI=1S/C12H17NO3/c1-2-3-7-13-11(12(15)16)9-5-4-6-10(14)8-9/h4-6,8,11,13-14H,2-3,7H2,1H3,(H,15,16). The maximum atomic E-state index is 11.1. The fourth-order valence-electron chi connectivity index (χ4n) is 1.48. The highest BCUT2D eigenvalue weighted by Crippen LogP contribution is 2.18. The average molecular weight is 223 g/mol. The van der Waals surface area contributed by atoms with E-state index in [-0.39, 0.29) is 5.75 Å². The molecule has 88 valence electrons. The molecular weight excluding hydrogens is 206 g/mol. The van der Waals surface area contributed by atoms with Crippen LogP contribution in [0, 0.1) is 0 Å². The minimum absolute atomic E-state index is 0.0843. The number of rotatable bonds is 6. The third-order valence-corrected chi connectivity index (χ3v) is 2.33. The van der Waals surface area contributed by atoms with Gasteiger partial charge in [-0.25, -0.2) is 0 Å². The molecule has 0 aliphatic rings. The first kappa shape index (κ1) is 12.5. The van der Waals surface area contributed by atoms with Gasteiger partial charge in [-0.15, -0.1) is 0 Å². The number of carboxylic acids is 1. The summed E-state index contributed by atoms with van der Waals surface area (Å²) in [4.78, 5) is 11.1. The number of phenolic OH excluding ortho intramolecular Hbond substituents is 1. The number of carboxylic acid groups (broad SMARTS) is 1. The molecule has 4 nitrogen and oxygen atoms in total. The molecule has 0 saturated carbocycles. The van der Waals surface area contributed by atoms with E-state index >= 15 is 0 Å². The van der Waals surface area contributed by atoms with E-state index in [4.69, 9.17) is 5.11 Å². The molecule has 0 aliphatic heterocycles. The van der Waals surface area contributed by atoms with Crippen LogP contribution in [0.15, 0.2) is 24.3 Å². The number of aromatic hydroxyl groups is 1. The molecule has 0 amide bonds. The zero-order valence-electron chi connectivity index (χ0n) is 9.31. The second-order valence-electron chi connectivity index (χ2n) is 3.67. The van der Waals surface area contributed by atoms with E-state index in [2.05, 4.69) is 5.32 Å². The van der Waals surface area contributed by atoms with Gasteiger partial charge in [-0.1, -0.05) is 25.5 Å². The molecule has 0 saturated heterocycles. The van der Waals surface area contributed by atoms with Gasteiger partial charge in [-0.2, -0.15) is 0 Å². The maximum Gasteiger partial charge on any atom is 0.325 e. The van der Waals surface area contributed by atoms with Gasteiger partial charge in [0, 0.05) is 0 Å². The van der Waals surface area contributed by atoms with Crippen molar-refractivity contribution in [1.29, 1.82) is 0 Å². The van der Waals surface area contributed by atoms with Crippen molar-refractivity contribution in [2.45, 2.75) is 25.8 Å². The molecular formula is C12H17NO3. The van der Waals surface area contributed by atoms with Gasteiger partial charge in [0.25, 0.3) is 0 Å². The molecule has 1 unspecified atom stereocenters. The highest BCUT2D eigenvalue weighted by atomic mass is 16.4. The summed E-state index contributed by atoms with van der Waals surface area (Å²) in [5, 5.41) is 21.3. The van der Waals surface area contributed by atoms with Crippen molar-refractivity contribution in [2.24, 2.45) is 0 Å². The van der Waals surface area contributed by atoms with Gasteiger partial charge in [0.15, 0.2) is 0 Å². The van der Waals surface area contributed by atoms with Gasteiger partial charge in [0.1, 0.15) is 11.8 Å². The summed E-state index contributed by atoms with van der Waals surface area (Å²) in [5.74, 6) is -0.845.